The van der Waals surface area contributed by atoms with Crippen molar-refractivity contribution in [1.29, 1.82) is 0 Å². The molecule has 0 fully saturated rings. The number of anilines is 1. The Morgan fingerprint density at radius 2 is 2.24 bits per heavy atom. The molecule has 0 aliphatic rings. The first-order valence-corrected chi connectivity index (χ1v) is 9.15. The number of carbonyl (C=O) groups excluding carboxylic acids is 1. The maximum absolute atomic E-state index is 11.9. The third-order valence-electron chi connectivity index (χ3n) is 2.69. The Morgan fingerprint density at radius 3 is 3.00 bits per heavy atom. The fourth-order valence-electron chi connectivity index (χ4n) is 1.74. The lowest BCUT2D eigenvalue weighted by atomic mass is 10.3. The molecular formula is C15H17ClN2OS2. The van der Waals surface area contributed by atoms with Gasteiger partial charge in [-0.1, -0.05) is 30.7 Å². The van der Waals surface area contributed by atoms with E-state index in [0.29, 0.717) is 16.5 Å². The van der Waals surface area contributed by atoms with Gasteiger partial charge in [0.25, 0.3) is 0 Å². The number of para-hydroxylation sites is 1. The summed E-state index contributed by atoms with van der Waals surface area (Å²) in [5.74, 6) is 1.11. The molecule has 0 aliphatic heterocycles. The van der Waals surface area contributed by atoms with Crippen molar-refractivity contribution in [3.05, 3.63) is 45.4 Å². The number of amides is 1. The number of halogens is 1. The molecule has 1 aromatic heterocycles. The van der Waals surface area contributed by atoms with Crippen LogP contribution in [0.2, 0.25) is 5.02 Å². The predicted octanol–water partition coefficient (Wildman–Crippen LogP) is 4.62. The number of nitrogens with one attached hydrogen (secondary N) is 1. The number of hydrogen-bond acceptors (Lipinski definition) is 4. The van der Waals surface area contributed by atoms with Gasteiger partial charge >= 0.3 is 0 Å². The number of aryl methyl sites for hydroxylation is 1. The van der Waals surface area contributed by atoms with E-state index in [1.54, 1.807) is 35.2 Å². The average molecular weight is 341 g/mol. The molecule has 0 spiro atoms. The van der Waals surface area contributed by atoms with Crippen molar-refractivity contribution in [2.45, 2.75) is 25.5 Å². The maximum Gasteiger partial charge on any atom is 0.234 e. The van der Waals surface area contributed by atoms with Crippen LogP contribution in [0.4, 0.5) is 5.69 Å². The van der Waals surface area contributed by atoms with E-state index in [9.17, 15) is 4.79 Å². The number of hydrogen-bond donors (Lipinski definition) is 1. The molecule has 1 amide bonds. The zero-order chi connectivity index (χ0) is 15.1. The minimum absolute atomic E-state index is 0.0443. The molecule has 6 heteroatoms. The molecule has 1 aromatic carbocycles. The van der Waals surface area contributed by atoms with Crippen molar-refractivity contribution in [1.82, 2.24) is 4.98 Å². The van der Waals surface area contributed by atoms with E-state index < -0.39 is 0 Å². The van der Waals surface area contributed by atoms with Gasteiger partial charge in [-0.2, -0.15) is 0 Å². The van der Waals surface area contributed by atoms with Crippen LogP contribution in [0.15, 0.2) is 29.6 Å². The van der Waals surface area contributed by atoms with E-state index in [-0.39, 0.29) is 5.91 Å². The van der Waals surface area contributed by atoms with Gasteiger partial charge < -0.3 is 5.32 Å². The molecule has 0 bridgehead atoms. The minimum Gasteiger partial charge on any atom is -0.324 e. The van der Waals surface area contributed by atoms with Gasteiger partial charge in [0.05, 0.1) is 27.2 Å². The van der Waals surface area contributed by atoms with Crippen LogP contribution in [-0.4, -0.2) is 16.6 Å². The molecule has 21 heavy (non-hydrogen) atoms. The van der Waals surface area contributed by atoms with Gasteiger partial charge in [0, 0.05) is 11.1 Å². The summed E-state index contributed by atoms with van der Waals surface area (Å²) in [5, 5.41) is 6.62. The van der Waals surface area contributed by atoms with Gasteiger partial charge in [-0.3, -0.25) is 4.79 Å². The summed E-state index contributed by atoms with van der Waals surface area (Å²) in [7, 11) is 0. The third kappa shape index (κ3) is 5.34. The van der Waals surface area contributed by atoms with E-state index >= 15 is 0 Å². The third-order valence-corrected chi connectivity index (χ3v) is 4.95. The van der Waals surface area contributed by atoms with Gasteiger partial charge in [0.1, 0.15) is 0 Å². The number of nitrogens with zero attached hydrogens (tertiary/aromatic N) is 1. The highest BCUT2D eigenvalue weighted by Crippen LogP contribution is 2.21. The normalized spacial score (nSPS) is 10.6. The molecule has 0 aliphatic carbocycles. The first-order valence-electron chi connectivity index (χ1n) is 6.74. The maximum atomic E-state index is 11.9. The minimum atomic E-state index is -0.0443. The lowest BCUT2D eigenvalue weighted by Crippen LogP contribution is -2.14. The largest absolute Gasteiger partial charge is 0.324 e. The summed E-state index contributed by atoms with van der Waals surface area (Å²) in [6.07, 6.45) is 2.14. The number of aromatic nitrogens is 1. The standard InChI is InChI=1S/C15H17ClN2OS2/c1-2-5-15-17-11(9-21-15)8-20-10-14(19)18-13-7-4-3-6-12(13)16/h3-4,6-7,9H,2,5,8,10H2,1H3,(H,18,19). The molecule has 0 unspecified atom stereocenters. The summed E-state index contributed by atoms with van der Waals surface area (Å²) in [4.78, 5) is 16.4. The van der Waals surface area contributed by atoms with Crippen LogP contribution >= 0.6 is 34.7 Å². The zero-order valence-corrected chi connectivity index (χ0v) is 14.2. The van der Waals surface area contributed by atoms with Crippen LogP contribution in [0.5, 0.6) is 0 Å². The van der Waals surface area contributed by atoms with Crippen molar-refractivity contribution < 1.29 is 4.79 Å². The van der Waals surface area contributed by atoms with E-state index in [4.69, 9.17) is 11.6 Å². The Bertz CT molecular complexity index is 601. The second-order valence-corrected chi connectivity index (χ2v) is 6.84. The van der Waals surface area contributed by atoms with E-state index in [1.165, 1.54) is 5.01 Å². The molecule has 0 saturated heterocycles. The Kier molecular flexibility index (Phi) is 6.54. The van der Waals surface area contributed by atoms with E-state index in [2.05, 4.69) is 22.6 Å². The second kappa shape index (κ2) is 8.41. The molecule has 1 N–H and O–H groups in total. The molecule has 2 rings (SSSR count). The van der Waals surface area contributed by atoms with Crippen molar-refractivity contribution >= 4 is 46.3 Å². The smallest absolute Gasteiger partial charge is 0.234 e. The number of rotatable bonds is 7. The topological polar surface area (TPSA) is 42.0 Å². The van der Waals surface area contributed by atoms with Crippen molar-refractivity contribution in [2.75, 3.05) is 11.1 Å². The van der Waals surface area contributed by atoms with Crippen molar-refractivity contribution in [2.24, 2.45) is 0 Å². The molecule has 0 radical (unpaired) electrons. The number of thiazole rings is 1. The van der Waals surface area contributed by atoms with E-state index in [1.807, 2.05) is 12.1 Å². The Balaban J connectivity index is 1.75. The highest BCUT2D eigenvalue weighted by molar-refractivity contribution is 7.99. The van der Waals surface area contributed by atoms with Crippen LogP contribution in [0.3, 0.4) is 0 Å². The summed E-state index contributed by atoms with van der Waals surface area (Å²) < 4.78 is 0. The highest BCUT2D eigenvalue weighted by atomic mass is 35.5. The highest BCUT2D eigenvalue weighted by Gasteiger charge is 2.07. The summed E-state index contributed by atoms with van der Waals surface area (Å²) in [5.41, 5.74) is 1.71. The Morgan fingerprint density at radius 1 is 1.43 bits per heavy atom. The Labute approximate surface area is 138 Å². The van der Waals surface area contributed by atoms with Crippen molar-refractivity contribution in [3.8, 4) is 0 Å². The fourth-order valence-corrected chi connectivity index (χ4v) is 3.65. The van der Waals surface area contributed by atoms with Crippen LogP contribution < -0.4 is 5.32 Å². The molecule has 112 valence electrons. The van der Waals surface area contributed by atoms with Gasteiger partial charge in [-0.25, -0.2) is 4.98 Å². The second-order valence-electron chi connectivity index (χ2n) is 4.50. The van der Waals surface area contributed by atoms with Gasteiger partial charge in [0.15, 0.2) is 0 Å². The molecule has 2 aromatic rings. The predicted molar refractivity (Wildman–Crippen MR) is 92.4 cm³/mol. The van der Waals surface area contributed by atoms with Crippen LogP contribution in [0, 0.1) is 0 Å². The zero-order valence-electron chi connectivity index (χ0n) is 11.8. The van der Waals surface area contributed by atoms with Crippen LogP contribution in [0.25, 0.3) is 0 Å². The lowest BCUT2D eigenvalue weighted by Gasteiger charge is -2.06. The SMILES string of the molecule is CCCc1nc(CSCC(=O)Nc2ccccc2Cl)cs1. The monoisotopic (exact) mass is 340 g/mol. The molecule has 3 nitrogen and oxygen atoms in total. The van der Waals surface area contributed by atoms with Crippen LogP contribution in [-0.2, 0) is 17.0 Å². The van der Waals surface area contributed by atoms with Gasteiger partial charge in [-0.15, -0.1) is 23.1 Å². The summed E-state index contributed by atoms with van der Waals surface area (Å²) in [6.45, 7) is 2.15. The number of carbonyl (C=O) groups is 1. The first-order chi connectivity index (χ1) is 10.2. The summed E-state index contributed by atoms with van der Waals surface area (Å²) in [6, 6.07) is 7.24. The average Bonchev–Trinajstić information content (AvgIpc) is 2.89. The summed E-state index contributed by atoms with van der Waals surface area (Å²) >= 11 is 9.26. The van der Waals surface area contributed by atoms with Crippen LogP contribution in [0.1, 0.15) is 24.0 Å². The van der Waals surface area contributed by atoms with Gasteiger partial charge in [0.2, 0.25) is 5.91 Å². The number of benzene rings is 1. The lowest BCUT2D eigenvalue weighted by molar-refractivity contribution is -0.113. The number of thioether (sulfide) groups is 1. The Hall–Kier alpha value is -1.04. The quantitative estimate of drug-likeness (QED) is 0.799. The molecule has 0 atom stereocenters. The molecular weight excluding hydrogens is 324 g/mol. The fraction of sp³-hybridized carbons (Fsp3) is 0.333. The molecule has 0 saturated carbocycles. The first kappa shape index (κ1) is 16.3. The molecule has 1 heterocycles. The van der Waals surface area contributed by atoms with E-state index in [0.717, 1.165) is 24.3 Å². The van der Waals surface area contributed by atoms with Gasteiger partial charge in [-0.05, 0) is 25.0 Å². The van der Waals surface area contributed by atoms with Crippen molar-refractivity contribution in [3.63, 3.8) is 0 Å².